The fraction of sp³-hybridized carbons (Fsp3) is 0.643. The Morgan fingerprint density at radius 2 is 2.00 bits per heavy atom. The third kappa shape index (κ3) is 3.07. The van der Waals surface area contributed by atoms with Crippen LogP contribution in [0.1, 0.15) is 37.9 Å². The smallest absolute Gasteiger partial charge is 0.183 e. The second-order valence-corrected chi connectivity index (χ2v) is 5.50. The molecular formula is C14H22N6. The maximum Gasteiger partial charge on any atom is 0.183 e. The molecular weight excluding hydrogens is 252 g/mol. The fourth-order valence-corrected chi connectivity index (χ4v) is 2.82. The first kappa shape index (κ1) is 13.3. The minimum absolute atomic E-state index is 0.474. The van der Waals surface area contributed by atoms with E-state index < -0.39 is 0 Å². The normalized spacial score (nSPS) is 16.8. The van der Waals surface area contributed by atoms with E-state index in [1.54, 1.807) is 0 Å². The number of nitrogens with two attached hydrogens (primary N) is 1. The lowest BCUT2D eigenvalue weighted by Gasteiger charge is -2.26. The average molecular weight is 274 g/mol. The predicted octanol–water partition coefficient (Wildman–Crippen LogP) is 1.74. The Labute approximate surface area is 118 Å². The number of nitrogen functional groups attached to an aromatic ring is 1. The zero-order chi connectivity index (χ0) is 13.8. The van der Waals surface area contributed by atoms with E-state index in [0.717, 1.165) is 24.2 Å². The van der Waals surface area contributed by atoms with Crippen LogP contribution in [0.4, 0.5) is 5.82 Å². The molecule has 2 aromatic heterocycles. The third-order valence-corrected chi connectivity index (χ3v) is 3.95. The standard InChI is InChI=1S/C14H22N6/c15-13-12-14(17-10-16-13)19-11(18-12)6-2-5-9-20-7-3-1-4-8-20/h10H,1-9H2,(H3,15,16,17,18,19). The number of piperidine rings is 1. The number of aryl methyl sites for hydroxylation is 1. The highest BCUT2D eigenvalue weighted by Gasteiger charge is 2.10. The van der Waals surface area contributed by atoms with Crippen LogP contribution in [0.2, 0.25) is 0 Å². The summed E-state index contributed by atoms with van der Waals surface area (Å²) in [4.78, 5) is 18.3. The molecule has 0 radical (unpaired) electrons. The molecule has 20 heavy (non-hydrogen) atoms. The van der Waals surface area contributed by atoms with Crippen LogP contribution in [0, 0.1) is 0 Å². The lowest BCUT2D eigenvalue weighted by molar-refractivity contribution is 0.225. The van der Waals surface area contributed by atoms with E-state index in [2.05, 4.69) is 24.8 Å². The van der Waals surface area contributed by atoms with Gasteiger partial charge in [0.2, 0.25) is 0 Å². The Kier molecular flexibility index (Phi) is 4.11. The van der Waals surface area contributed by atoms with Gasteiger partial charge < -0.3 is 15.6 Å². The quantitative estimate of drug-likeness (QED) is 0.811. The Balaban J connectivity index is 1.48. The first-order valence-electron chi connectivity index (χ1n) is 7.50. The molecule has 6 heteroatoms. The topological polar surface area (TPSA) is 83.7 Å². The molecule has 3 heterocycles. The average Bonchev–Trinajstić information content (AvgIpc) is 2.89. The van der Waals surface area contributed by atoms with Gasteiger partial charge in [-0.3, -0.25) is 0 Å². The van der Waals surface area contributed by atoms with E-state index in [0.29, 0.717) is 11.5 Å². The van der Waals surface area contributed by atoms with Crippen molar-refractivity contribution < 1.29 is 0 Å². The molecule has 1 saturated heterocycles. The molecule has 1 aliphatic heterocycles. The van der Waals surface area contributed by atoms with Crippen LogP contribution in [0.25, 0.3) is 11.2 Å². The van der Waals surface area contributed by atoms with Gasteiger partial charge in [0.1, 0.15) is 17.7 Å². The van der Waals surface area contributed by atoms with Crippen molar-refractivity contribution in [2.45, 2.75) is 38.5 Å². The van der Waals surface area contributed by atoms with Crippen molar-refractivity contribution in [3.63, 3.8) is 0 Å². The van der Waals surface area contributed by atoms with Crippen LogP contribution >= 0.6 is 0 Å². The van der Waals surface area contributed by atoms with E-state index in [4.69, 9.17) is 5.73 Å². The van der Waals surface area contributed by atoms with Crippen LogP contribution in [-0.2, 0) is 6.42 Å². The number of H-pyrrole nitrogens is 1. The van der Waals surface area contributed by atoms with Crippen molar-refractivity contribution in [2.24, 2.45) is 0 Å². The van der Waals surface area contributed by atoms with Gasteiger partial charge in [0.15, 0.2) is 11.5 Å². The first-order valence-corrected chi connectivity index (χ1v) is 7.50. The van der Waals surface area contributed by atoms with Gasteiger partial charge >= 0.3 is 0 Å². The highest BCUT2D eigenvalue weighted by molar-refractivity contribution is 5.80. The fourth-order valence-electron chi connectivity index (χ4n) is 2.82. The van der Waals surface area contributed by atoms with E-state index in [9.17, 15) is 0 Å². The van der Waals surface area contributed by atoms with Gasteiger partial charge in [0.05, 0.1) is 0 Å². The molecule has 6 nitrogen and oxygen atoms in total. The number of aromatic nitrogens is 4. The summed E-state index contributed by atoms with van der Waals surface area (Å²) in [6.07, 6.45) is 8.89. The maximum atomic E-state index is 5.79. The molecule has 3 rings (SSSR count). The SMILES string of the molecule is Nc1ncnc2nc(CCCCN3CCCCC3)[nH]c12. The van der Waals surface area contributed by atoms with Crippen LogP contribution in [0.15, 0.2) is 6.33 Å². The Hall–Kier alpha value is -1.69. The van der Waals surface area contributed by atoms with Crippen molar-refractivity contribution >= 4 is 17.0 Å². The van der Waals surface area contributed by atoms with Gasteiger partial charge in [-0.25, -0.2) is 15.0 Å². The Bertz CT molecular complexity index is 558. The van der Waals surface area contributed by atoms with Crippen LogP contribution in [0.3, 0.4) is 0 Å². The summed E-state index contributed by atoms with van der Waals surface area (Å²) >= 11 is 0. The lowest BCUT2D eigenvalue weighted by atomic mass is 10.1. The molecule has 2 aromatic rings. The molecule has 0 saturated carbocycles. The van der Waals surface area contributed by atoms with E-state index >= 15 is 0 Å². The zero-order valence-corrected chi connectivity index (χ0v) is 11.8. The Morgan fingerprint density at radius 3 is 2.80 bits per heavy atom. The molecule has 108 valence electrons. The zero-order valence-electron chi connectivity index (χ0n) is 11.8. The second-order valence-electron chi connectivity index (χ2n) is 5.50. The lowest BCUT2D eigenvalue weighted by Crippen LogP contribution is -2.30. The monoisotopic (exact) mass is 274 g/mol. The summed E-state index contributed by atoms with van der Waals surface area (Å²) in [5.74, 6) is 1.44. The summed E-state index contributed by atoms with van der Waals surface area (Å²) < 4.78 is 0. The highest BCUT2D eigenvalue weighted by atomic mass is 15.1. The number of likely N-dealkylation sites (tertiary alicyclic amines) is 1. The first-order chi connectivity index (χ1) is 9.83. The molecule has 0 spiro atoms. The number of aromatic amines is 1. The molecule has 1 aliphatic rings. The summed E-state index contributed by atoms with van der Waals surface area (Å²) in [5.41, 5.74) is 7.23. The highest BCUT2D eigenvalue weighted by Crippen LogP contribution is 2.15. The van der Waals surface area contributed by atoms with Crippen molar-refractivity contribution in [1.29, 1.82) is 0 Å². The van der Waals surface area contributed by atoms with Crippen LogP contribution in [-0.4, -0.2) is 44.5 Å². The van der Waals surface area contributed by atoms with Crippen molar-refractivity contribution in [1.82, 2.24) is 24.8 Å². The molecule has 0 amide bonds. The molecule has 1 fully saturated rings. The maximum absolute atomic E-state index is 5.79. The van der Waals surface area contributed by atoms with E-state index in [1.165, 1.54) is 51.6 Å². The van der Waals surface area contributed by atoms with Gasteiger partial charge in [-0.05, 0) is 45.3 Å². The summed E-state index contributed by atoms with van der Waals surface area (Å²) in [6, 6.07) is 0. The van der Waals surface area contributed by atoms with Crippen molar-refractivity contribution in [3.05, 3.63) is 12.2 Å². The molecule has 0 aliphatic carbocycles. The van der Waals surface area contributed by atoms with Crippen LogP contribution < -0.4 is 5.73 Å². The number of rotatable bonds is 5. The number of hydrogen-bond donors (Lipinski definition) is 2. The number of imidazole rings is 1. The molecule has 0 bridgehead atoms. The molecule has 0 unspecified atom stereocenters. The van der Waals surface area contributed by atoms with Gasteiger partial charge in [0, 0.05) is 6.42 Å². The van der Waals surface area contributed by atoms with Gasteiger partial charge in [-0.2, -0.15) is 0 Å². The third-order valence-electron chi connectivity index (χ3n) is 3.95. The molecule has 0 aromatic carbocycles. The largest absolute Gasteiger partial charge is 0.382 e. The minimum Gasteiger partial charge on any atom is -0.382 e. The minimum atomic E-state index is 0.474. The van der Waals surface area contributed by atoms with Crippen molar-refractivity contribution in [3.8, 4) is 0 Å². The van der Waals surface area contributed by atoms with Gasteiger partial charge in [0.25, 0.3) is 0 Å². The van der Waals surface area contributed by atoms with Crippen LogP contribution in [0.5, 0.6) is 0 Å². The number of hydrogen-bond acceptors (Lipinski definition) is 5. The Morgan fingerprint density at radius 1 is 1.15 bits per heavy atom. The van der Waals surface area contributed by atoms with E-state index in [1.807, 2.05) is 0 Å². The number of anilines is 1. The van der Waals surface area contributed by atoms with E-state index in [-0.39, 0.29) is 0 Å². The number of nitrogens with one attached hydrogen (secondary N) is 1. The molecule has 0 atom stereocenters. The number of unbranched alkanes of at least 4 members (excludes halogenated alkanes) is 1. The van der Waals surface area contributed by atoms with Crippen molar-refractivity contribution in [2.75, 3.05) is 25.4 Å². The summed E-state index contributed by atoms with van der Waals surface area (Å²) in [6.45, 7) is 3.76. The molecule has 3 N–H and O–H groups in total. The summed E-state index contributed by atoms with van der Waals surface area (Å²) in [5, 5.41) is 0. The van der Waals surface area contributed by atoms with Gasteiger partial charge in [-0.15, -0.1) is 0 Å². The van der Waals surface area contributed by atoms with Gasteiger partial charge in [-0.1, -0.05) is 6.42 Å². The number of nitrogens with zero attached hydrogens (tertiary/aromatic N) is 4. The summed E-state index contributed by atoms with van der Waals surface area (Å²) in [7, 11) is 0. The predicted molar refractivity (Wildman–Crippen MR) is 79.3 cm³/mol. The number of fused-ring (bicyclic) bond motifs is 1. The second kappa shape index (κ2) is 6.17.